The molecule has 0 aromatic heterocycles. The molecule has 0 atom stereocenters. The third kappa shape index (κ3) is 3.16. The van der Waals surface area contributed by atoms with E-state index >= 15 is 0 Å². The Bertz CT molecular complexity index is 581. The van der Waals surface area contributed by atoms with E-state index in [1.165, 1.54) is 12.1 Å². The molecule has 1 aliphatic carbocycles. The molecule has 1 aliphatic rings. The molecule has 4 nitrogen and oxygen atoms in total. The van der Waals surface area contributed by atoms with Gasteiger partial charge in [0.15, 0.2) is 0 Å². The summed E-state index contributed by atoms with van der Waals surface area (Å²) in [6, 6.07) is 3.71. The average Bonchev–Trinajstić information content (AvgIpc) is 2.38. The standard InChI is InChI=1S/C13H19FN2O2S2/c1-19-13(5-2-6-13)9-16-20(17,18)11-3-4-12(14)10(7-11)8-15/h3-4,7,16H,2,5-6,8-9,15H2,1H3. The van der Waals surface area contributed by atoms with Gasteiger partial charge in [-0.15, -0.1) is 0 Å². The Kier molecular flexibility index (Phi) is 4.73. The molecule has 0 aliphatic heterocycles. The van der Waals surface area contributed by atoms with Crippen molar-refractivity contribution in [3.05, 3.63) is 29.6 Å². The molecule has 3 N–H and O–H groups in total. The quantitative estimate of drug-likeness (QED) is 0.839. The first-order valence-corrected chi connectivity index (χ1v) is 9.16. The minimum Gasteiger partial charge on any atom is -0.326 e. The van der Waals surface area contributed by atoms with Gasteiger partial charge in [0.05, 0.1) is 4.90 Å². The summed E-state index contributed by atoms with van der Waals surface area (Å²) in [5.74, 6) is -0.481. The zero-order valence-electron chi connectivity index (χ0n) is 11.4. The summed E-state index contributed by atoms with van der Waals surface area (Å²) in [4.78, 5) is 0.0647. The van der Waals surface area contributed by atoms with Crippen LogP contribution in [0.2, 0.25) is 0 Å². The molecule has 0 radical (unpaired) electrons. The van der Waals surface area contributed by atoms with Gasteiger partial charge in [0.2, 0.25) is 10.0 Å². The Balaban J connectivity index is 2.14. The van der Waals surface area contributed by atoms with Crippen molar-refractivity contribution >= 4 is 21.8 Å². The van der Waals surface area contributed by atoms with Gasteiger partial charge in [0.25, 0.3) is 0 Å². The Labute approximate surface area is 123 Å². The first-order valence-electron chi connectivity index (χ1n) is 6.46. The van der Waals surface area contributed by atoms with Crippen molar-refractivity contribution < 1.29 is 12.8 Å². The topological polar surface area (TPSA) is 72.2 Å². The van der Waals surface area contributed by atoms with E-state index in [-0.39, 0.29) is 21.8 Å². The molecule has 112 valence electrons. The normalized spacial score (nSPS) is 17.8. The molecule has 0 unspecified atom stereocenters. The Morgan fingerprint density at radius 3 is 2.65 bits per heavy atom. The summed E-state index contributed by atoms with van der Waals surface area (Å²) in [7, 11) is -3.61. The number of sulfonamides is 1. The predicted molar refractivity (Wildman–Crippen MR) is 79.6 cm³/mol. The zero-order valence-corrected chi connectivity index (χ0v) is 13.0. The lowest BCUT2D eigenvalue weighted by Gasteiger charge is -2.40. The van der Waals surface area contributed by atoms with Crippen LogP contribution in [-0.2, 0) is 16.6 Å². The van der Waals surface area contributed by atoms with Crippen molar-refractivity contribution in [3.63, 3.8) is 0 Å². The van der Waals surface area contributed by atoms with Crippen molar-refractivity contribution in [3.8, 4) is 0 Å². The monoisotopic (exact) mass is 318 g/mol. The molecule has 0 amide bonds. The molecule has 1 saturated carbocycles. The second-order valence-electron chi connectivity index (χ2n) is 5.02. The van der Waals surface area contributed by atoms with Gasteiger partial charge in [-0.05, 0) is 37.3 Å². The molecule has 0 spiro atoms. The van der Waals surface area contributed by atoms with Crippen LogP contribution in [0.1, 0.15) is 24.8 Å². The van der Waals surface area contributed by atoms with Crippen molar-refractivity contribution in [1.29, 1.82) is 0 Å². The van der Waals surface area contributed by atoms with Gasteiger partial charge in [0, 0.05) is 23.4 Å². The lowest BCUT2D eigenvalue weighted by atomic mass is 9.84. The summed E-state index contributed by atoms with van der Waals surface area (Å²) in [6.07, 6.45) is 5.18. The van der Waals surface area contributed by atoms with Crippen LogP contribution in [0.4, 0.5) is 4.39 Å². The van der Waals surface area contributed by atoms with Gasteiger partial charge < -0.3 is 5.73 Å². The van der Waals surface area contributed by atoms with Gasteiger partial charge in [-0.25, -0.2) is 17.5 Å². The number of benzene rings is 1. The van der Waals surface area contributed by atoms with Crippen LogP contribution in [0.15, 0.2) is 23.1 Å². The summed E-state index contributed by atoms with van der Waals surface area (Å²) < 4.78 is 40.5. The van der Waals surface area contributed by atoms with Gasteiger partial charge in [-0.2, -0.15) is 11.8 Å². The molecule has 0 saturated heterocycles. The fourth-order valence-corrected chi connectivity index (χ4v) is 4.39. The van der Waals surface area contributed by atoms with Crippen molar-refractivity contribution in [1.82, 2.24) is 4.72 Å². The van der Waals surface area contributed by atoms with Crippen LogP contribution in [0, 0.1) is 5.82 Å². The summed E-state index contributed by atoms with van der Waals surface area (Å²) >= 11 is 1.70. The SMILES string of the molecule is CSC1(CNS(=O)(=O)c2ccc(F)c(CN)c2)CCC1. The van der Waals surface area contributed by atoms with Crippen LogP contribution in [-0.4, -0.2) is 26.0 Å². The number of hydrogen-bond donors (Lipinski definition) is 2. The predicted octanol–water partition coefficient (Wildman–Crippen LogP) is 1.85. The van der Waals surface area contributed by atoms with Crippen molar-refractivity contribution in [2.24, 2.45) is 5.73 Å². The van der Waals surface area contributed by atoms with E-state index in [9.17, 15) is 12.8 Å². The molecule has 7 heteroatoms. The first kappa shape index (κ1) is 15.8. The van der Waals surface area contributed by atoms with Gasteiger partial charge >= 0.3 is 0 Å². The number of hydrogen-bond acceptors (Lipinski definition) is 4. The Hall–Kier alpha value is -0.630. The van der Waals surface area contributed by atoms with E-state index < -0.39 is 15.8 Å². The maximum atomic E-state index is 13.4. The minimum absolute atomic E-state index is 0.0177. The zero-order chi connectivity index (χ0) is 14.8. The highest BCUT2D eigenvalue weighted by molar-refractivity contribution is 8.00. The molecule has 0 heterocycles. The number of rotatable bonds is 6. The average molecular weight is 318 g/mol. The molecule has 1 fully saturated rings. The molecule has 1 aromatic carbocycles. The molecule has 0 bridgehead atoms. The highest BCUT2D eigenvalue weighted by Crippen LogP contribution is 2.42. The van der Waals surface area contributed by atoms with Crippen molar-refractivity contribution in [2.45, 2.75) is 35.4 Å². The summed E-state index contributed by atoms with van der Waals surface area (Å²) in [6.45, 7) is 0.385. The minimum atomic E-state index is -3.61. The van der Waals surface area contributed by atoms with Gasteiger partial charge in [-0.1, -0.05) is 6.42 Å². The third-order valence-electron chi connectivity index (χ3n) is 3.83. The summed E-state index contributed by atoms with van der Waals surface area (Å²) in [5, 5.41) is 0. The fraction of sp³-hybridized carbons (Fsp3) is 0.538. The Morgan fingerprint density at radius 2 is 2.15 bits per heavy atom. The van der Waals surface area contributed by atoms with E-state index in [2.05, 4.69) is 4.72 Å². The van der Waals surface area contributed by atoms with E-state index in [0.717, 1.165) is 25.3 Å². The van der Waals surface area contributed by atoms with Crippen LogP contribution in [0.3, 0.4) is 0 Å². The number of nitrogens with one attached hydrogen (secondary N) is 1. The second kappa shape index (κ2) is 6.01. The van der Waals surface area contributed by atoms with E-state index in [4.69, 9.17) is 5.73 Å². The van der Waals surface area contributed by atoms with Crippen LogP contribution in [0.25, 0.3) is 0 Å². The first-order chi connectivity index (χ1) is 9.42. The maximum absolute atomic E-state index is 13.4. The number of halogens is 1. The molecular weight excluding hydrogens is 299 g/mol. The second-order valence-corrected chi connectivity index (χ2v) is 8.06. The maximum Gasteiger partial charge on any atom is 0.240 e. The highest BCUT2D eigenvalue weighted by Gasteiger charge is 2.37. The lowest BCUT2D eigenvalue weighted by Crippen LogP contribution is -2.45. The smallest absolute Gasteiger partial charge is 0.240 e. The Morgan fingerprint density at radius 1 is 1.45 bits per heavy atom. The van der Waals surface area contributed by atoms with Crippen LogP contribution < -0.4 is 10.5 Å². The van der Waals surface area contributed by atoms with Crippen LogP contribution >= 0.6 is 11.8 Å². The molecular formula is C13H19FN2O2S2. The molecule has 1 aromatic rings. The number of thioether (sulfide) groups is 1. The molecule has 20 heavy (non-hydrogen) atoms. The third-order valence-corrected chi connectivity index (χ3v) is 6.65. The van der Waals surface area contributed by atoms with Crippen LogP contribution in [0.5, 0.6) is 0 Å². The van der Waals surface area contributed by atoms with E-state index in [0.29, 0.717) is 6.54 Å². The number of nitrogens with two attached hydrogens (primary N) is 1. The van der Waals surface area contributed by atoms with Gasteiger partial charge in [-0.3, -0.25) is 0 Å². The highest BCUT2D eigenvalue weighted by atomic mass is 32.2. The van der Waals surface area contributed by atoms with E-state index in [1.807, 2.05) is 6.26 Å². The van der Waals surface area contributed by atoms with Crippen molar-refractivity contribution in [2.75, 3.05) is 12.8 Å². The van der Waals surface area contributed by atoms with Gasteiger partial charge in [0.1, 0.15) is 5.82 Å². The molecule has 2 rings (SSSR count). The lowest BCUT2D eigenvalue weighted by molar-refractivity contribution is 0.362. The largest absolute Gasteiger partial charge is 0.326 e. The summed E-state index contributed by atoms with van der Waals surface area (Å²) in [5.41, 5.74) is 5.60. The van der Waals surface area contributed by atoms with E-state index in [1.54, 1.807) is 11.8 Å². The fourth-order valence-electron chi connectivity index (χ4n) is 2.21.